The number of aromatic nitrogens is 2. The zero-order valence-electron chi connectivity index (χ0n) is 18.5. The lowest BCUT2D eigenvalue weighted by Gasteiger charge is -2.32. The molecule has 3 rings (SSSR count). The number of nitrogens with two attached hydrogens (primary N) is 1. The number of anilines is 1. The second-order valence-corrected chi connectivity index (χ2v) is 9.43. The summed E-state index contributed by atoms with van der Waals surface area (Å²) in [6, 6.07) is 1.29. The third-order valence-corrected chi connectivity index (χ3v) is 6.29. The fraction of sp³-hybridized carbons (Fsp3) is 0.579. The number of phosphoric ester groups is 1. The van der Waals surface area contributed by atoms with Crippen molar-refractivity contribution in [2.75, 3.05) is 18.9 Å². The maximum atomic E-state index is 12.3. The summed E-state index contributed by atoms with van der Waals surface area (Å²) in [6.45, 7) is 0.302. The summed E-state index contributed by atoms with van der Waals surface area (Å²) >= 11 is 0. The van der Waals surface area contributed by atoms with Crippen LogP contribution >= 0.6 is 7.82 Å². The van der Waals surface area contributed by atoms with E-state index in [1.807, 2.05) is 0 Å². The molecule has 2 aliphatic heterocycles. The van der Waals surface area contributed by atoms with Gasteiger partial charge in [-0.15, -0.1) is 0 Å². The molecule has 0 bridgehead atoms. The van der Waals surface area contributed by atoms with Crippen molar-refractivity contribution in [1.82, 2.24) is 9.55 Å². The molecular formula is C19H28N3O12P. The van der Waals surface area contributed by atoms with Crippen molar-refractivity contribution in [3.63, 3.8) is 0 Å². The number of rotatable bonds is 9. The van der Waals surface area contributed by atoms with Crippen LogP contribution in [0.15, 0.2) is 41.2 Å². The molecule has 9 atom stereocenters. The maximum absolute atomic E-state index is 12.3. The van der Waals surface area contributed by atoms with Crippen LogP contribution < -0.4 is 11.4 Å². The monoisotopic (exact) mass is 521 g/mol. The number of hydrogen-bond acceptors (Lipinski definition) is 13. The highest BCUT2D eigenvalue weighted by atomic mass is 31.2. The first kappa shape index (κ1) is 27.3. The van der Waals surface area contributed by atoms with Crippen molar-refractivity contribution in [3.05, 3.63) is 46.9 Å². The third-order valence-electron chi connectivity index (χ3n) is 5.44. The zero-order chi connectivity index (χ0) is 25.9. The molecule has 15 nitrogen and oxygen atoms in total. The second kappa shape index (κ2) is 11.2. The molecular weight excluding hydrogens is 493 g/mol. The van der Waals surface area contributed by atoms with Crippen LogP contribution in [0.3, 0.4) is 0 Å². The van der Waals surface area contributed by atoms with E-state index in [0.717, 1.165) is 10.8 Å². The van der Waals surface area contributed by atoms with Crippen LogP contribution in [0.1, 0.15) is 13.2 Å². The molecule has 1 aromatic heterocycles. The predicted molar refractivity (Wildman–Crippen MR) is 116 cm³/mol. The molecule has 0 radical (unpaired) electrons. The van der Waals surface area contributed by atoms with E-state index in [-0.39, 0.29) is 17.5 Å². The molecule has 0 aliphatic carbocycles. The van der Waals surface area contributed by atoms with E-state index in [4.69, 9.17) is 29.4 Å². The van der Waals surface area contributed by atoms with E-state index in [1.54, 1.807) is 13.0 Å². The molecule has 3 unspecified atom stereocenters. The van der Waals surface area contributed by atoms with Gasteiger partial charge in [-0.2, -0.15) is 4.98 Å². The Labute approximate surface area is 198 Å². The molecule has 16 heteroatoms. The number of allylic oxidation sites excluding steroid dienone is 1. The van der Waals surface area contributed by atoms with Gasteiger partial charge < -0.3 is 45.3 Å². The van der Waals surface area contributed by atoms with Crippen LogP contribution in [0, 0.1) is 5.92 Å². The average Bonchev–Trinajstić information content (AvgIpc) is 3.10. The molecule has 0 spiro atoms. The van der Waals surface area contributed by atoms with Crippen molar-refractivity contribution in [2.45, 2.75) is 49.8 Å². The van der Waals surface area contributed by atoms with E-state index in [0.29, 0.717) is 0 Å². The molecule has 0 saturated carbocycles. The van der Waals surface area contributed by atoms with Crippen molar-refractivity contribution < 1.29 is 53.5 Å². The number of phosphoric acid groups is 1. The number of ether oxygens (including phenoxy) is 2. The lowest BCUT2D eigenvalue weighted by atomic mass is 9.94. The van der Waals surface area contributed by atoms with Gasteiger partial charge in [-0.3, -0.25) is 14.0 Å². The minimum atomic E-state index is -4.76. The van der Waals surface area contributed by atoms with Gasteiger partial charge in [-0.25, -0.2) is 9.36 Å². The molecule has 0 amide bonds. The summed E-state index contributed by atoms with van der Waals surface area (Å²) in [5.74, 6) is -0.481. The van der Waals surface area contributed by atoms with E-state index in [1.165, 1.54) is 18.3 Å². The van der Waals surface area contributed by atoms with Crippen molar-refractivity contribution in [3.8, 4) is 0 Å². The Balaban J connectivity index is 1.59. The average molecular weight is 521 g/mol. The third kappa shape index (κ3) is 6.46. The molecule has 35 heavy (non-hydrogen) atoms. The van der Waals surface area contributed by atoms with Crippen LogP contribution in [-0.4, -0.2) is 89.8 Å². The summed E-state index contributed by atoms with van der Waals surface area (Å²) in [4.78, 5) is 25.4. The highest BCUT2D eigenvalue weighted by molar-refractivity contribution is 7.47. The van der Waals surface area contributed by atoms with Gasteiger partial charge in [0.25, 0.3) is 0 Å². The number of hydrogen-bond donors (Lipinski definition) is 7. The Bertz CT molecular complexity index is 1050. The maximum Gasteiger partial charge on any atom is 0.527 e. The van der Waals surface area contributed by atoms with Crippen LogP contribution in [-0.2, 0) is 23.1 Å². The van der Waals surface area contributed by atoms with Gasteiger partial charge in [0, 0.05) is 12.1 Å². The van der Waals surface area contributed by atoms with Crippen molar-refractivity contribution >= 4 is 13.6 Å². The topological polar surface area (TPSA) is 236 Å². The zero-order valence-corrected chi connectivity index (χ0v) is 19.4. The normalized spacial score (nSPS) is 33.2. The summed E-state index contributed by atoms with van der Waals surface area (Å²) in [6.07, 6.45) is -4.70. The van der Waals surface area contributed by atoms with E-state index >= 15 is 0 Å². The number of nitrogens with zero attached hydrogens (tertiary/aromatic N) is 2. The first-order valence-electron chi connectivity index (χ1n) is 10.5. The first-order valence-corrected chi connectivity index (χ1v) is 12.0. The predicted octanol–water partition coefficient (Wildman–Crippen LogP) is -2.28. The minimum Gasteiger partial charge on any atom is -0.484 e. The Morgan fingerprint density at radius 3 is 2.71 bits per heavy atom. The molecule has 1 fully saturated rings. The summed E-state index contributed by atoms with van der Waals surface area (Å²) < 4.78 is 33.6. The highest BCUT2D eigenvalue weighted by Crippen LogP contribution is 2.45. The Kier molecular flexibility index (Phi) is 8.69. The molecule has 2 aliphatic rings. The van der Waals surface area contributed by atoms with E-state index in [9.17, 15) is 34.7 Å². The van der Waals surface area contributed by atoms with Gasteiger partial charge in [0.05, 0.1) is 13.2 Å². The van der Waals surface area contributed by atoms with Gasteiger partial charge in [0.15, 0.2) is 12.0 Å². The van der Waals surface area contributed by atoms with E-state index in [2.05, 4.69) is 4.98 Å². The Hall–Kier alpha value is -2.33. The standard InChI is InChI=1S/C19H28N3O12P/c1-9-2-3-10(33-17(9)14(25)11(24)6-23)7-31-35(29,30)32-8-12-15(26)16(27)18(34-12)22-5-4-13(20)21-19(22)28/h2-5,7,9,11-12,14-18,23-27H,6,8H2,1H3,(H,29,30)(H2,20,21,28)/b10-7+/t9-,11-,12-,14-,15+,16?,17?,18-/m1/s1. The van der Waals surface area contributed by atoms with Crippen molar-refractivity contribution in [1.29, 1.82) is 0 Å². The van der Waals surface area contributed by atoms with Crippen LogP contribution in [0.5, 0.6) is 0 Å². The van der Waals surface area contributed by atoms with Crippen molar-refractivity contribution in [2.24, 2.45) is 5.92 Å². The summed E-state index contributed by atoms with van der Waals surface area (Å²) in [5, 5.41) is 49.2. The minimum absolute atomic E-state index is 0.0525. The molecule has 0 aromatic carbocycles. The van der Waals surface area contributed by atoms with Crippen LogP contribution in [0.25, 0.3) is 0 Å². The van der Waals surface area contributed by atoms with Crippen LogP contribution in [0.2, 0.25) is 0 Å². The molecule has 3 heterocycles. The lowest BCUT2D eigenvalue weighted by Crippen LogP contribution is -2.44. The van der Waals surface area contributed by atoms with Gasteiger partial charge in [-0.1, -0.05) is 13.0 Å². The number of nitrogen functional groups attached to an aromatic ring is 1. The first-order chi connectivity index (χ1) is 16.4. The lowest BCUT2D eigenvalue weighted by molar-refractivity contribution is -0.0981. The number of aliphatic hydroxyl groups is 5. The van der Waals surface area contributed by atoms with Gasteiger partial charge in [0.1, 0.15) is 48.7 Å². The highest BCUT2D eigenvalue weighted by Gasteiger charge is 2.45. The largest absolute Gasteiger partial charge is 0.527 e. The SMILES string of the molecule is C[C@@H]1C=C/C(=C\OP(=O)(O)OC[C@H]2O[C@@H](n3ccc(N)nc3=O)C(O)[C@H]2O)OC1[C@H](O)[C@H](O)CO. The summed E-state index contributed by atoms with van der Waals surface area (Å²) in [5.41, 5.74) is 4.58. The quantitative estimate of drug-likeness (QED) is 0.134. The molecule has 1 aromatic rings. The summed E-state index contributed by atoms with van der Waals surface area (Å²) in [7, 11) is -4.76. The smallest absolute Gasteiger partial charge is 0.484 e. The molecule has 196 valence electrons. The fourth-order valence-corrected chi connectivity index (χ4v) is 4.10. The Morgan fingerprint density at radius 1 is 1.34 bits per heavy atom. The second-order valence-electron chi connectivity index (χ2n) is 8.02. The molecule has 1 saturated heterocycles. The van der Waals surface area contributed by atoms with E-state index < -0.39 is 69.6 Å². The molecule has 8 N–H and O–H groups in total. The van der Waals surface area contributed by atoms with Gasteiger partial charge in [0.2, 0.25) is 0 Å². The van der Waals surface area contributed by atoms with Gasteiger partial charge in [-0.05, 0) is 12.1 Å². The fourth-order valence-electron chi connectivity index (χ4n) is 3.47. The van der Waals surface area contributed by atoms with Crippen LogP contribution in [0.4, 0.5) is 5.82 Å². The van der Waals surface area contributed by atoms with Gasteiger partial charge >= 0.3 is 13.5 Å². The Morgan fingerprint density at radius 2 is 2.06 bits per heavy atom. The number of aliphatic hydroxyl groups excluding tert-OH is 5.